The summed E-state index contributed by atoms with van der Waals surface area (Å²) in [5, 5.41) is 4.73. The van der Waals surface area contributed by atoms with E-state index >= 15 is 0 Å². The fraction of sp³-hybridized carbons (Fsp3) is 0.467. The Bertz CT molecular complexity index is 532. The number of hydrogen-bond donors (Lipinski definition) is 1. The monoisotopic (exact) mass is 247 g/mol. The van der Waals surface area contributed by atoms with Gasteiger partial charge in [0.25, 0.3) is 0 Å². The molecule has 2 heteroatoms. The van der Waals surface area contributed by atoms with Crippen molar-refractivity contribution < 1.29 is 0 Å². The zero-order valence-corrected chi connectivity index (χ0v) is 12.2. The van der Waals surface area contributed by atoms with Gasteiger partial charge in [-0.25, -0.2) is 0 Å². The molecule has 0 bridgehead atoms. The molecule has 2 aromatic rings. The molecule has 0 spiro atoms. The Kier molecular flexibility index (Phi) is 3.28. The highest BCUT2D eigenvalue weighted by atomic mass is 32.1. The van der Waals surface area contributed by atoms with E-state index in [0.29, 0.717) is 0 Å². The topological polar surface area (TPSA) is 12.0 Å². The third-order valence-electron chi connectivity index (χ3n) is 3.07. The van der Waals surface area contributed by atoms with Crippen molar-refractivity contribution in [3.8, 4) is 0 Å². The normalized spacial score (nSPS) is 12.3. The van der Waals surface area contributed by atoms with E-state index in [-0.39, 0.29) is 5.41 Å². The smallest absolute Gasteiger partial charge is 0.0378 e. The highest BCUT2D eigenvalue weighted by Crippen LogP contribution is 2.40. The summed E-state index contributed by atoms with van der Waals surface area (Å²) in [6.07, 6.45) is 0. The molecule has 0 unspecified atom stereocenters. The Morgan fingerprint density at radius 3 is 2.53 bits per heavy atom. The third kappa shape index (κ3) is 2.24. The molecular formula is C15H21NS. The fourth-order valence-electron chi connectivity index (χ4n) is 2.42. The minimum Gasteiger partial charge on any atom is -0.315 e. The molecule has 0 amide bonds. The van der Waals surface area contributed by atoms with Crippen LogP contribution in [0, 0.1) is 6.92 Å². The summed E-state index contributed by atoms with van der Waals surface area (Å²) in [5.41, 5.74) is 3.11. The van der Waals surface area contributed by atoms with Crippen molar-refractivity contribution in [2.75, 3.05) is 7.05 Å². The first-order valence-electron chi connectivity index (χ1n) is 6.11. The largest absolute Gasteiger partial charge is 0.315 e. The molecule has 0 aliphatic heterocycles. The lowest BCUT2D eigenvalue weighted by molar-refractivity contribution is 0.588. The molecule has 0 atom stereocenters. The quantitative estimate of drug-likeness (QED) is 0.837. The molecule has 1 heterocycles. The molecule has 1 N–H and O–H groups in total. The molecule has 17 heavy (non-hydrogen) atoms. The van der Waals surface area contributed by atoms with Crippen LogP contribution in [0.3, 0.4) is 0 Å². The summed E-state index contributed by atoms with van der Waals surface area (Å²) in [5.74, 6) is 0. The lowest BCUT2D eigenvalue weighted by atomic mass is 9.84. The van der Waals surface area contributed by atoms with Crippen LogP contribution in [0.15, 0.2) is 18.2 Å². The predicted octanol–water partition coefficient (Wildman–Crippen LogP) is 4.23. The van der Waals surface area contributed by atoms with Gasteiger partial charge in [-0.3, -0.25) is 0 Å². The van der Waals surface area contributed by atoms with Crippen LogP contribution in [0.5, 0.6) is 0 Å². The van der Waals surface area contributed by atoms with Crippen molar-refractivity contribution in [3.63, 3.8) is 0 Å². The molecule has 0 fully saturated rings. The molecule has 0 aliphatic carbocycles. The molecule has 0 radical (unpaired) electrons. The van der Waals surface area contributed by atoms with Crippen molar-refractivity contribution in [1.82, 2.24) is 5.32 Å². The van der Waals surface area contributed by atoms with E-state index in [1.165, 1.54) is 26.1 Å². The van der Waals surface area contributed by atoms with Gasteiger partial charge in [-0.15, -0.1) is 11.3 Å². The van der Waals surface area contributed by atoms with Crippen LogP contribution < -0.4 is 5.32 Å². The lowest BCUT2D eigenvalue weighted by Gasteiger charge is -2.20. The minimum atomic E-state index is 0.207. The van der Waals surface area contributed by atoms with Crippen molar-refractivity contribution >= 4 is 21.4 Å². The van der Waals surface area contributed by atoms with Crippen molar-refractivity contribution in [1.29, 1.82) is 0 Å². The van der Waals surface area contributed by atoms with Crippen molar-refractivity contribution in [2.45, 2.75) is 39.7 Å². The highest BCUT2D eigenvalue weighted by Gasteiger charge is 2.23. The van der Waals surface area contributed by atoms with Crippen LogP contribution >= 0.6 is 11.3 Å². The molecule has 1 aromatic carbocycles. The van der Waals surface area contributed by atoms with Gasteiger partial charge in [0.15, 0.2) is 0 Å². The number of fused-ring (bicyclic) bond motifs is 1. The Hall–Kier alpha value is -0.860. The van der Waals surface area contributed by atoms with E-state index < -0.39 is 0 Å². The Labute approximate surface area is 108 Å². The average molecular weight is 247 g/mol. The van der Waals surface area contributed by atoms with E-state index in [1.54, 1.807) is 0 Å². The van der Waals surface area contributed by atoms with Gasteiger partial charge in [0, 0.05) is 16.1 Å². The zero-order chi connectivity index (χ0) is 12.6. The van der Waals surface area contributed by atoms with Crippen LogP contribution in [0.1, 0.15) is 36.8 Å². The van der Waals surface area contributed by atoms with E-state index in [2.05, 4.69) is 51.2 Å². The minimum absolute atomic E-state index is 0.207. The lowest BCUT2D eigenvalue weighted by Crippen LogP contribution is -2.15. The number of hydrogen-bond acceptors (Lipinski definition) is 2. The van der Waals surface area contributed by atoms with Gasteiger partial charge in [-0.1, -0.05) is 39.0 Å². The second kappa shape index (κ2) is 4.43. The van der Waals surface area contributed by atoms with Crippen LogP contribution in [0.25, 0.3) is 10.1 Å². The molecule has 1 nitrogen and oxygen atoms in total. The molecule has 0 aliphatic rings. The Morgan fingerprint density at radius 1 is 1.24 bits per heavy atom. The summed E-state index contributed by atoms with van der Waals surface area (Å²) in [6.45, 7) is 10.1. The van der Waals surface area contributed by atoms with Gasteiger partial charge in [0.1, 0.15) is 0 Å². The van der Waals surface area contributed by atoms with E-state index in [4.69, 9.17) is 0 Å². The predicted molar refractivity (Wildman–Crippen MR) is 78.0 cm³/mol. The first-order chi connectivity index (χ1) is 7.95. The van der Waals surface area contributed by atoms with Crippen LogP contribution in [-0.4, -0.2) is 7.05 Å². The summed E-state index contributed by atoms with van der Waals surface area (Å²) >= 11 is 1.94. The number of thiophene rings is 1. The van der Waals surface area contributed by atoms with Gasteiger partial charge in [-0.05, 0) is 35.9 Å². The summed E-state index contributed by atoms with van der Waals surface area (Å²) in [7, 11) is 2.02. The molecule has 92 valence electrons. The second-order valence-corrected chi connectivity index (χ2v) is 6.74. The standard InChI is InChI=1S/C15H21NS/c1-10-7-6-8-11-13(15(2,3)4)12(9-16-5)17-14(10)11/h6-8,16H,9H2,1-5H3. The maximum Gasteiger partial charge on any atom is 0.0378 e. The van der Waals surface area contributed by atoms with Gasteiger partial charge >= 0.3 is 0 Å². The molecule has 2 rings (SSSR count). The van der Waals surface area contributed by atoms with Crippen molar-refractivity contribution in [2.24, 2.45) is 0 Å². The van der Waals surface area contributed by atoms with Gasteiger partial charge < -0.3 is 5.32 Å². The maximum absolute atomic E-state index is 3.29. The van der Waals surface area contributed by atoms with Gasteiger partial charge in [0.05, 0.1) is 0 Å². The Balaban J connectivity index is 2.76. The van der Waals surface area contributed by atoms with Gasteiger partial charge in [0.2, 0.25) is 0 Å². The van der Waals surface area contributed by atoms with E-state index in [0.717, 1.165) is 6.54 Å². The van der Waals surface area contributed by atoms with Gasteiger partial charge in [-0.2, -0.15) is 0 Å². The number of nitrogens with one attached hydrogen (secondary N) is 1. The zero-order valence-electron chi connectivity index (χ0n) is 11.3. The molecular weight excluding hydrogens is 226 g/mol. The number of rotatable bonds is 2. The second-order valence-electron chi connectivity index (χ2n) is 5.63. The van der Waals surface area contributed by atoms with E-state index in [1.807, 2.05) is 18.4 Å². The van der Waals surface area contributed by atoms with Crippen LogP contribution in [-0.2, 0) is 12.0 Å². The maximum atomic E-state index is 3.29. The molecule has 1 aromatic heterocycles. The molecule has 0 saturated carbocycles. The third-order valence-corrected chi connectivity index (χ3v) is 4.41. The number of benzene rings is 1. The SMILES string of the molecule is CNCc1sc2c(C)cccc2c1C(C)(C)C. The van der Waals surface area contributed by atoms with E-state index in [9.17, 15) is 0 Å². The highest BCUT2D eigenvalue weighted by molar-refractivity contribution is 7.19. The van der Waals surface area contributed by atoms with Crippen LogP contribution in [0.4, 0.5) is 0 Å². The first-order valence-corrected chi connectivity index (χ1v) is 6.93. The van der Waals surface area contributed by atoms with Crippen molar-refractivity contribution in [3.05, 3.63) is 34.2 Å². The summed E-state index contributed by atoms with van der Waals surface area (Å²) in [6, 6.07) is 6.63. The number of aryl methyl sites for hydroxylation is 1. The fourth-order valence-corrected chi connectivity index (χ4v) is 3.91. The summed E-state index contributed by atoms with van der Waals surface area (Å²) < 4.78 is 1.45. The Morgan fingerprint density at radius 2 is 1.94 bits per heavy atom. The first kappa shape index (κ1) is 12.6. The van der Waals surface area contributed by atoms with Crippen LogP contribution in [0.2, 0.25) is 0 Å². The molecule has 0 saturated heterocycles. The summed E-state index contributed by atoms with van der Waals surface area (Å²) in [4.78, 5) is 1.48. The average Bonchev–Trinajstić information content (AvgIpc) is 2.57.